The first-order valence-corrected chi connectivity index (χ1v) is 6.78. The Morgan fingerprint density at radius 3 is 2.76 bits per heavy atom. The Morgan fingerprint density at radius 2 is 2.18 bits per heavy atom. The second-order valence-corrected chi connectivity index (χ2v) is 5.21. The highest BCUT2D eigenvalue weighted by molar-refractivity contribution is 9.10. The van der Waals surface area contributed by atoms with E-state index in [4.69, 9.17) is 10.8 Å². The summed E-state index contributed by atoms with van der Waals surface area (Å²) in [6.45, 7) is 5.27. The van der Waals surface area contributed by atoms with Crippen LogP contribution in [0.25, 0.3) is 0 Å². The Bertz CT molecular complexity index is 369. The van der Waals surface area contributed by atoms with Crippen LogP contribution in [0.15, 0.2) is 16.6 Å². The van der Waals surface area contributed by atoms with Crippen molar-refractivity contribution in [1.82, 2.24) is 0 Å². The zero-order valence-electron chi connectivity index (χ0n) is 10.5. The van der Waals surface area contributed by atoms with Crippen molar-refractivity contribution in [2.24, 2.45) is 5.92 Å². The first-order chi connectivity index (χ1) is 8.08. The summed E-state index contributed by atoms with van der Waals surface area (Å²) in [5.41, 5.74) is 8.76. The average Bonchev–Trinajstić information content (AvgIpc) is 2.30. The highest BCUT2D eigenvalue weighted by Crippen LogP contribution is 2.28. The molecule has 4 heteroatoms. The summed E-state index contributed by atoms with van der Waals surface area (Å²) in [5, 5.41) is 12.3. The van der Waals surface area contributed by atoms with Crippen molar-refractivity contribution in [3.8, 4) is 0 Å². The summed E-state index contributed by atoms with van der Waals surface area (Å²) in [7, 11) is 0. The van der Waals surface area contributed by atoms with E-state index in [0.29, 0.717) is 5.92 Å². The molecular weight excluding hydrogens is 280 g/mol. The molecule has 0 amide bonds. The molecular formula is C13H21BrN2O. The fraction of sp³-hybridized carbons (Fsp3) is 0.538. The molecule has 1 aromatic carbocycles. The zero-order valence-corrected chi connectivity index (χ0v) is 12.0. The first-order valence-electron chi connectivity index (χ1n) is 5.98. The van der Waals surface area contributed by atoms with Crippen molar-refractivity contribution in [2.75, 3.05) is 24.2 Å². The third-order valence-corrected chi connectivity index (χ3v) is 3.71. The molecule has 0 heterocycles. The van der Waals surface area contributed by atoms with Crippen molar-refractivity contribution >= 4 is 27.3 Å². The number of rotatable bonds is 6. The van der Waals surface area contributed by atoms with Crippen molar-refractivity contribution in [1.29, 1.82) is 0 Å². The predicted molar refractivity (Wildman–Crippen MR) is 77.3 cm³/mol. The van der Waals surface area contributed by atoms with Crippen LogP contribution in [-0.4, -0.2) is 18.3 Å². The van der Waals surface area contributed by atoms with E-state index < -0.39 is 0 Å². The molecule has 0 aliphatic carbocycles. The Hall–Kier alpha value is -0.740. The molecule has 4 N–H and O–H groups in total. The Labute approximate surface area is 112 Å². The van der Waals surface area contributed by atoms with E-state index in [2.05, 4.69) is 28.2 Å². The number of aliphatic hydroxyl groups is 1. The van der Waals surface area contributed by atoms with E-state index in [1.165, 1.54) is 0 Å². The van der Waals surface area contributed by atoms with Crippen LogP contribution in [-0.2, 0) is 0 Å². The standard InChI is InChI=1S/C13H21BrN2O/c1-3-10(4-5-17)8-16-13-6-9(2)12(15)7-11(13)14/h6-7,10,16-17H,3-5,8,15H2,1-2H3. The lowest BCUT2D eigenvalue weighted by Gasteiger charge is -2.17. The SMILES string of the molecule is CCC(CCO)CNc1cc(C)c(N)cc1Br. The highest BCUT2D eigenvalue weighted by atomic mass is 79.9. The normalized spacial score (nSPS) is 12.5. The summed E-state index contributed by atoms with van der Waals surface area (Å²) in [6.07, 6.45) is 1.91. The van der Waals surface area contributed by atoms with Gasteiger partial charge in [-0.05, 0) is 52.9 Å². The lowest BCUT2D eigenvalue weighted by molar-refractivity contribution is 0.258. The number of aliphatic hydroxyl groups excluding tert-OH is 1. The molecule has 0 saturated heterocycles. The minimum Gasteiger partial charge on any atom is -0.398 e. The Kier molecular flexibility index (Phi) is 5.78. The van der Waals surface area contributed by atoms with Gasteiger partial charge in [-0.1, -0.05) is 13.3 Å². The third kappa shape index (κ3) is 4.21. The fourth-order valence-corrected chi connectivity index (χ4v) is 2.22. The van der Waals surface area contributed by atoms with Crippen LogP contribution in [0.2, 0.25) is 0 Å². The number of hydrogen-bond donors (Lipinski definition) is 3. The highest BCUT2D eigenvalue weighted by Gasteiger charge is 2.08. The molecule has 96 valence electrons. The molecule has 1 unspecified atom stereocenters. The molecule has 0 aliphatic rings. The number of halogens is 1. The molecule has 0 spiro atoms. The maximum atomic E-state index is 8.95. The molecule has 0 aliphatic heterocycles. The van der Waals surface area contributed by atoms with Gasteiger partial charge in [0.05, 0.1) is 0 Å². The maximum Gasteiger partial charge on any atom is 0.0488 e. The van der Waals surface area contributed by atoms with Crippen LogP contribution in [0.4, 0.5) is 11.4 Å². The summed E-state index contributed by atoms with van der Waals surface area (Å²) in [4.78, 5) is 0. The van der Waals surface area contributed by atoms with Gasteiger partial charge in [0, 0.05) is 29.0 Å². The van der Waals surface area contributed by atoms with Crippen LogP contribution in [0.3, 0.4) is 0 Å². The first kappa shape index (κ1) is 14.3. The molecule has 3 nitrogen and oxygen atoms in total. The van der Waals surface area contributed by atoms with Gasteiger partial charge in [0.25, 0.3) is 0 Å². The number of hydrogen-bond acceptors (Lipinski definition) is 3. The number of anilines is 2. The Morgan fingerprint density at radius 1 is 1.47 bits per heavy atom. The second kappa shape index (κ2) is 6.87. The van der Waals surface area contributed by atoms with Crippen molar-refractivity contribution in [3.05, 3.63) is 22.2 Å². The lowest BCUT2D eigenvalue weighted by atomic mass is 10.0. The van der Waals surface area contributed by atoms with Crippen LogP contribution in [0, 0.1) is 12.8 Å². The molecule has 0 fully saturated rings. The summed E-state index contributed by atoms with van der Waals surface area (Å²) >= 11 is 3.50. The van der Waals surface area contributed by atoms with Gasteiger partial charge in [-0.3, -0.25) is 0 Å². The molecule has 1 rings (SSSR count). The topological polar surface area (TPSA) is 58.3 Å². The minimum absolute atomic E-state index is 0.252. The average molecular weight is 301 g/mol. The van der Waals surface area contributed by atoms with Crippen LogP contribution in [0.1, 0.15) is 25.3 Å². The van der Waals surface area contributed by atoms with Gasteiger partial charge in [-0.25, -0.2) is 0 Å². The third-order valence-electron chi connectivity index (χ3n) is 3.05. The smallest absolute Gasteiger partial charge is 0.0488 e. The lowest BCUT2D eigenvalue weighted by Crippen LogP contribution is -2.15. The monoisotopic (exact) mass is 300 g/mol. The van der Waals surface area contributed by atoms with E-state index in [-0.39, 0.29) is 6.61 Å². The van der Waals surface area contributed by atoms with E-state index in [0.717, 1.165) is 40.8 Å². The number of benzene rings is 1. The Balaban J connectivity index is 2.65. The quantitative estimate of drug-likeness (QED) is 0.707. The molecule has 0 saturated carbocycles. The van der Waals surface area contributed by atoms with E-state index >= 15 is 0 Å². The molecule has 0 radical (unpaired) electrons. The van der Waals surface area contributed by atoms with E-state index in [1.807, 2.05) is 19.1 Å². The summed E-state index contributed by atoms with van der Waals surface area (Å²) < 4.78 is 0.986. The number of nitrogens with one attached hydrogen (secondary N) is 1. The largest absolute Gasteiger partial charge is 0.398 e. The molecule has 0 aromatic heterocycles. The van der Waals surface area contributed by atoms with E-state index in [1.54, 1.807) is 0 Å². The van der Waals surface area contributed by atoms with Crippen LogP contribution in [0.5, 0.6) is 0 Å². The van der Waals surface area contributed by atoms with Gasteiger partial charge in [0.1, 0.15) is 0 Å². The summed E-state index contributed by atoms with van der Waals surface area (Å²) in [6, 6.07) is 3.97. The van der Waals surface area contributed by atoms with Gasteiger partial charge < -0.3 is 16.2 Å². The van der Waals surface area contributed by atoms with Crippen molar-refractivity contribution < 1.29 is 5.11 Å². The van der Waals surface area contributed by atoms with Gasteiger partial charge in [-0.15, -0.1) is 0 Å². The van der Waals surface area contributed by atoms with Gasteiger partial charge in [0.2, 0.25) is 0 Å². The fourth-order valence-electron chi connectivity index (χ4n) is 1.72. The van der Waals surface area contributed by atoms with Gasteiger partial charge >= 0.3 is 0 Å². The van der Waals surface area contributed by atoms with Crippen LogP contribution >= 0.6 is 15.9 Å². The van der Waals surface area contributed by atoms with Crippen LogP contribution < -0.4 is 11.1 Å². The van der Waals surface area contributed by atoms with Crippen molar-refractivity contribution in [2.45, 2.75) is 26.7 Å². The molecule has 0 bridgehead atoms. The minimum atomic E-state index is 0.252. The predicted octanol–water partition coefficient (Wildman–Crippen LogP) is 3.16. The maximum absolute atomic E-state index is 8.95. The number of aryl methyl sites for hydroxylation is 1. The van der Waals surface area contributed by atoms with E-state index in [9.17, 15) is 0 Å². The van der Waals surface area contributed by atoms with Gasteiger partial charge in [0.15, 0.2) is 0 Å². The number of nitrogens with two attached hydrogens (primary N) is 1. The van der Waals surface area contributed by atoms with Crippen molar-refractivity contribution in [3.63, 3.8) is 0 Å². The molecule has 17 heavy (non-hydrogen) atoms. The summed E-state index contributed by atoms with van der Waals surface area (Å²) in [5.74, 6) is 0.504. The molecule has 1 aromatic rings. The number of nitrogen functional groups attached to an aromatic ring is 1. The zero-order chi connectivity index (χ0) is 12.8. The van der Waals surface area contributed by atoms with Gasteiger partial charge in [-0.2, -0.15) is 0 Å². The molecule has 1 atom stereocenters. The second-order valence-electron chi connectivity index (χ2n) is 4.36.